The van der Waals surface area contributed by atoms with Crippen molar-refractivity contribution in [2.24, 2.45) is 0 Å². The van der Waals surface area contributed by atoms with Gasteiger partial charge in [-0.1, -0.05) is 36.4 Å². The number of benzene rings is 2. The van der Waals surface area contributed by atoms with Crippen LogP contribution in [0.15, 0.2) is 53.4 Å². The minimum Gasteiger partial charge on any atom is -0.325 e. The second-order valence-electron chi connectivity index (χ2n) is 6.05. The van der Waals surface area contributed by atoms with Crippen LogP contribution in [0.4, 0.5) is 4.79 Å². The summed E-state index contributed by atoms with van der Waals surface area (Å²) in [6.45, 7) is 3.63. The van der Waals surface area contributed by atoms with Crippen molar-refractivity contribution in [1.29, 1.82) is 0 Å². The molecule has 0 unspecified atom stereocenters. The average Bonchev–Trinajstić information content (AvgIpc) is 2.85. The molecule has 0 spiro atoms. The lowest BCUT2D eigenvalue weighted by molar-refractivity contribution is -0.124. The van der Waals surface area contributed by atoms with E-state index >= 15 is 0 Å². The molecule has 1 atom stereocenters. The summed E-state index contributed by atoms with van der Waals surface area (Å²) in [4.78, 5) is 24.7. The number of hydrogen-bond acceptors (Lipinski definition) is 4. The first kappa shape index (κ1) is 17.2. The molecule has 2 aromatic carbocycles. The van der Waals surface area contributed by atoms with E-state index in [4.69, 9.17) is 0 Å². The first-order valence-corrected chi connectivity index (χ1v) is 9.25. The molecule has 6 nitrogen and oxygen atoms in total. The number of imide groups is 1. The van der Waals surface area contributed by atoms with Crippen LogP contribution in [0.1, 0.15) is 16.7 Å². The fourth-order valence-corrected chi connectivity index (χ4v) is 4.12. The van der Waals surface area contributed by atoms with Gasteiger partial charge in [0.05, 0.1) is 4.90 Å². The number of amides is 3. The van der Waals surface area contributed by atoms with Crippen LogP contribution in [0.25, 0.3) is 0 Å². The van der Waals surface area contributed by atoms with Gasteiger partial charge in [-0.25, -0.2) is 13.2 Å². The Morgan fingerprint density at radius 3 is 2.32 bits per heavy atom. The standard InChI is InChI=1S/C18H18N2O4S/c1-12-8-9-15(10-13(12)2)25(23,24)20-17(21)16(19-18(20)22)11-14-6-4-3-5-7-14/h3-10,16H,11H2,1-2H3,(H,19,22)/t16-/m1/s1. The zero-order valence-electron chi connectivity index (χ0n) is 13.9. The molecule has 1 saturated heterocycles. The molecule has 0 aliphatic carbocycles. The van der Waals surface area contributed by atoms with E-state index in [0.29, 0.717) is 4.31 Å². The number of carbonyl (C=O) groups is 2. The highest BCUT2D eigenvalue weighted by atomic mass is 32.2. The molecule has 2 aromatic rings. The molecule has 0 radical (unpaired) electrons. The molecular weight excluding hydrogens is 340 g/mol. The number of hydrogen-bond donors (Lipinski definition) is 1. The minimum atomic E-state index is -4.23. The zero-order valence-corrected chi connectivity index (χ0v) is 14.7. The van der Waals surface area contributed by atoms with Crippen LogP contribution in [0.3, 0.4) is 0 Å². The van der Waals surface area contributed by atoms with Gasteiger partial charge in [0.1, 0.15) is 6.04 Å². The highest BCUT2D eigenvalue weighted by Gasteiger charge is 2.45. The summed E-state index contributed by atoms with van der Waals surface area (Å²) < 4.78 is 25.9. The van der Waals surface area contributed by atoms with Crippen LogP contribution in [0.5, 0.6) is 0 Å². The van der Waals surface area contributed by atoms with Crippen molar-refractivity contribution in [3.05, 3.63) is 65.2 Å². The van der Waals surface area contributed by atoms with E-state index in [-0.39, 0.29) is 11.3 Å². The van der Waals surface area contributed by atoms with Gasteiger partial charge in [0.25, 0.3) is 15.9 Å². The van der Waals surface area contributed by atoms with Gasteiger partial charge in [-0.3, -0.25) is 4.79 Å². The molecular formula is C18H18N2O4S. The van der Waals surface area contributed by atoms with Gasteiger partial charge in [0, 0.05) is 6.42 Å². The van der Waals surface area contributed by atoms with Crippen LogP contribution in [-0.2, 0) is 21.2 Å². The molecule has 3 rings (SSSR count). The third kappa shape index (κ3) is 3.15. The molecule has 0 bridgehead atoms. The van der Waals surface area contributed by atoms with Crippen molar-refractivity contribution in [1.82, 2.24) is 9.62 Å². The molecule has 1 heterocycles. The summed E-state index contributed by atoms with van der Waals surface area (Å²) in [5.74, 6) is -0.757. The first-order chi connectivity index (χ1) is 11.8. The van der Waals surface area contributed by atoms with Crippen molar-refractivity contribution < 1.29 is 18.0 Å². The molecule has 1 aliphatic rings. The number of aryl methyl sites for hydroxylation is 2. The third-order valence-electron chi connectivity index (χ3n) is 4.28. The van der Waals surface area contributed by atoms with Gasteiger partial charge in [-0.15, -0.1) is 4.31 Å². The van der Waals surface area contributed by atoms with Gasteiger partial charge < -0.3 is 5.32 Å². The van der Waals surface area contributed by atoms with E-state index in [2.05, 4.69) is 5.32 Å². The summed E-state index contributed by atoms with van der Waals surface area (Å²) in [6.07, 6.45) is 0.240. The van der Waals surface area contributed by atoms with Crippen LogP contribution >= 0.6 is 0 Å². The van der Waals surface area contributed by atoms with Gasteiger partial charge in [0.2, 0.25) is 0 Å². The lowest BCUT2D eigenvalue weighted by Crippen LogP contribution is -2.37. The molecule has 0 saturated carbocycles. The predicted molar refractivity (Wildman–Crippen MR) is 92.4 cm³/mol. The normalized spacial score (nSPS) is 17.7. The summed E-state index contributed by atoms with van der Waals surface area (Å²) in [5, 5.41) is 2.46. The molecule has 1 fully saturated rings. The molecule has 1 N–H and O–H groups in total. The Labute approximate surface area is 146 Å². The van der Waals surface area contributed by atoms with E-state index in [1.807, 2.05) is 37.3 Å². The van der Waals surface area contributed by atoms with E-state index in [1.165, 1.54) is 12.1 Å². The number of urea groups is 1. The third-order valence-corrected chi connectivity index (χ3v) is 5.96. The Hall–Kier alpha value is -2.67. The summed E-state index contributed by atoms with van der Waals surface area (Å²) in [6, 6.07) is 11.8. The smallest absolute Gasteiger partial charge is 0.325 e. The number of nitrogens with zero attached hydrogens (tertiary/aromatic N) is 1. The van der Waals surface area contributed by atoms with Crippen molar-refractivity contribution in [3.63, 3.8) is 0 Å². The van der Waals surface area contributed by atoms with E-state index in [9.17, 15) is 18.0 Å². The van der Waals surface area contributed by atoms with Gasteiger partial charge >= 0.3 is 6.03 Å². The van der Waals surface area contributed by atoms with E-state index < -0.39 is 28.0 Å². The maximum Gasteiger partial charge on any atom is 0.339 e. The van der Waals surface area contributed by atoms with Crippen molar-refractivity contribution in [2.75, 3.05) is 0 Å². The van der Waals surface area contributed by atoms with Crippen LogP contribution in [-0.4, -0.2) is 30.7 Å². The average molecular weight is 358 g/mol. The molecule has 1 aliphatic heterocycles. The second kappa shape index (κ2) is 6.33. The number of carbonyl (C=O) groups excluding carboxylic acids is 2. The first-order valence-electron chi connectivity index (χ1n) is 7.81. The maximum atomic E-state index is 12.8. The van der Waals surface area contributed by atoms with Crippen molar-refractivity contribution in [2.45, 2.75) is 31.2 Å². The minimum absolute atomic E-state index is 0.0699. The monoisotopic (exact) mass is 358 g/mol. The number of nitrogens with one attached hydrogen (secondary N) is 1. The predicted octanol–water partition coefficient (Wildman–Crippen LogP) is 2.16. The van der Waals surface area contributed by atoms with E-state index in [0.717, 1.165) is 16.7 Å². The summed E-state index contributed by atoms with van der Waals surface area (Å²) >= 11 is 0. The SMILES string of the molecule is Cc1ccc(S(=O)(=O)N2C(=O)N[C@H](Cc3ccccc3)C2=O)cc1C. The molecule has 0 aromatic heterocycles. The lowest BCUT2D eigenvalue weighted by atomic mass is 10.1. The Morgan fingerprint density at radius 1 is 1.00 bits per heavy atom. The maximum absolute atomic E-state index is 12.8. The van der Waals surface area contributed by atoms with Crippen LogP contribution in [0, 0.1) is 13.8 Å². The summed E-state index contributed by atoms with van der Waals surface area (Å²) in [5.41, 5.74) is 2.54. The highest BCUT2D eigenvalue weighted by Crippen LogP contribution is 2.23. The Kier molecular flexibility index (Phi) is 4.34. The highest BCUT2D eigenvalue weighted by molar-refractivity contribution is 7.90. The molecule has 3 amide bonds. The van der Waals surface area contributed by atoms with Gasteiger partial charge in [-0.05, 0) is 42.7 Å². The van der Waals surface area contributed by atoms with Crippen LogP contribution in [0.2, 0.25) is 0 Å². The fraction of sp³-hybridized carbons (Fsp3) is 0.222. The molecule has 25 heavy (non-hydrogen) atoms. The van der Waals surface area contributed by atoms with Gasteiger partial charge in [-0.2, -0.15) is 0 Å². The Morgan fingerprint density at radius 2 is 1.68 bits per heavy atom. The zero-order chi connectivity index (χ0) is 18.2. The Bertz CT molecular complexity index is 939. The largest absolute Gasteiger partial charge is 0.339 e. The topological polar surface area (TPSA) is 83.6 Å². The molecule has 7 heteroatoms. The number of rotatable bonds is 4. The fourth-order valence-electron chi connectivity index (χ4n) is 2.71. The Balaban J connectivity index is 1.90. The summed E-state index contributed by atoms with van der Waals surface area (Å²) in [7, 11) is -4.23. The van der Waals surface area contributed by atoms with Crippen LogP contribution < -0.4 is 5.32 Å². The van der Waals surface area contributed by atoms with Gasteiger partial charge in [0.15, 0.2) is 0 Å². The quantitative estimate of drug-likeness (QED) is 0.849. The second-order valence-corrected chi connectivity index (χ2v) is 7.83. The van der Waals surface area contributed by atoms with E-state index in [1.54, 1.807) is 13.0 Å². The lowest BCUT2D eigenvalue weighted by Gasteiger charge is -2.14. The number of sulfonamides is 1. The molecule has 130 valence electrons. The van der Waals surface area contributed by atoms with Crippen molar-refractivity contribution >= 4 is 22.0 Å². The van der Waals surface area contributed by atoms with Crippen molar-refractivity contribution in [3.8, 4) is 0 Å².